The largest absolute Gasteiger partial charge is 0.472 e. The summed E-state index contributed by atoms with van der Waals surface area (Å²) >= 11 is 6.93. The van der Waals surface area contributed by atoms with Crippen molar-refractivity contribution < 1.29 is 4.42 Å². The minimum absolute atomic E-state index is 0.0822. The van der Waals surface area contributed by atoms with E-state index in [9.17, 15) is 0 Å². The molecule has 1 aromatic carbocycles. The molecule has 1 aromatic heterocycles. The molecular formula is C11H10Br2N2O. The number of furan rings is 1. The van der Waals surface area contributed by atoms with Crippen molar-refractivity contribution in [2.75, 3.05) is 0 Å². The van der Waals surface area contributed by atoms with E-state index in [1.807, 2.05) is 24.3 Å². The quantitative estimate of drug-likeness (QED) is 0.662. The second-order valence-electron chi connectivity index (χ2n) is 3.32. The molecule has 3 nitrogen and oxygen atoms in total. The Morgan fingerprint density at radius 1 is 1.25 bits per heavy atom. The predicted molar refractivity (Wildman–Crippen MR) is 69.7 cm³/mol. The first-order valence-electron chi connectivity index (χ1n) is 4.65. The van der Waals surface area contributed by atoms with Gasteiger partial charge in [-0.05, 0) is 23.8 Å². The number of hydrogen-bond acceptors (Lipinski definition) is 3. The van der Waals surface area contributed by atoms with Crippen molar-refractivity contribution in [1.29, 1.82) is 0 Å². The summed E-state index contributed by atoms with van der Waals surface area (Å²) in [5.41, 5.74) is 4.83. The second kappa shape index (κ2) is 5.14. The molecule has 0 fully saturated rings. The third-order valence-corrected chi connectivity index (χ3v) is 3.50. The van der Waals surface area contributed by atoms with Crippen LogP contribution < -0.4 is 11.3 Å². The van der Waals surface area contributed by atoms with Gasteiger partial charge in [-0.1, -0.05) is 37.9 Å². The maximum absolute atomic E-state index is 5.58. The molecule has 0 saturated carbocycles. The van der Waals surface area contributed by atoms with E-state index < -0.39 is 0 Å². The maximum Gasteiger partial charge on any atom is 0.0954 e. The standard InChI is InChI=1S/C11H10Br2N2O/c12-8-1-2-9(10(13)5-8)11(15-14)7-3-4-16-6-7/h1-6,11,15H,14H2. The molecule has 0 amide bonds. The predicted octanol–water partition coefficient (Wildman–Crippen LogP) is 3.36. The molecule has 0 aliphatic rings. The van der Waals surface area contributed by atoms with Crippen LogP contribution in [-0.2, 0) is 0 Å². The van der Waals surface area contributed by atoms with Crippen LogP contribution in [0.3, 0.4) is 0 Å². The Bertz CT molecular complexity index is 471. The highest BCUT2D eigenvalue weighted by atomic mass is 79.9. The molecule has 1 unspecified atom stereocenters. The Labute approximate surface area is 110 Å². The molecule has 0 radical (unpaired) electrons. The smallest absolute Gasteiger partial charge is 0.0954 e. The van der Waals surface area contributed by atoms with Crippen molar-refractivity contribution in [1.82, 2.24) is 5.43 Å². The highest BCUT2D eigenvalue weighted by molar-refractivity contribution is 9.11. The van der Waals surface area contributed by atoms with Gasteiger partial charge in [0.2, 0.25) is 0 Å². The Balaban J connectivity index is 2.41. The minimum Gasteiger partial charge on any atom is -0.472 e. The van der Waals surface area contributed by atoms with Crippen LogP contribution in [-0.4, -0.2) is 0 Å². The van der Waals surface area contributed by atoms with E-state index in [0.717, 1.165) is 20.1 Å². The summed E-state index contributed by atoms with van der Waals surface area (Å²) in [7, 11) is 0. The van der Waals surface area contributed by atoms with E-state index in [2.05, 4.69) is 37.3 Å². The number of nitrogens with two attached hydrogens (primary N) is 1. The molecule has 0 aliphatic heterocycles. The fraction of sp³-hybridized carbons (Fsp3) is 0.0909. The van der Waals surface area contributed by atoms with Crippen molar-refractivity contribution in [3.63, 3.8) is 0 Å². The number of hydrazine groups is 1. The van der Waals surface area contributed by atoms with Gasteiger partial charge in [0.1, 0.15) is 0 Å². The molecule has 0 bridgehead atoms. The molecule has 1 heterocycles. The summed E-state index contributed by atoms with van der Waals surface area (Å²) in [6.45, 7) is 0. The van der Waals surface area contributed by atoms with E-state index in [1.165, 1.54) is 0 Å². The van der Waals surface area contributed by atoms with Crippen molar-refractivity contribution >= 4 is 31.9 Å². The molecule has 16 heavy (non-hydrogen) atoms. The summed E-state index contributed by atoms with van der Waals surface area (Å²) in [6.07, 6.45) is 3.31. The normalized spacial score (nSPS) is 12.7. The van der Waals surface area contributed by atoms with Crippen LogP contribution in [0.4, 0.5) is 0 Å². The molecule has 2 rings (SSSR count). The third-order valence-electron chi connectivity index (χ3n) is 2.32. The van der Waals surface area contributed by atoms with E-state index >= 15 is 0 Å². The lowest BCUT2D eigenvalue weighted by molar-refractivity contribution is 0.553. The van der Waals surface area contributed by atoms with E-state index in [1.54, 1.807) is 12.5 Å². The first kappa shape index (κ1) is 11.9. The minimum atomic E-state index is -0.0822. The molecule has 0 spiro atoms. The zero-order chi connectivity index (χ0) is 11.5. The van der Waals surface area contributed by atoms with Crippen LogP contribution in [0.15, 0.2) is 50.2 Å². The number of rotatable bonds is 3. The highest BCUT2D eigenvalue weighted by Crippen LogP contribution is 2.30. The lowest BCUT2D eigenvalue weighted by atomic mass is 10.0. The summed E-state index contributed by atoms with van der Waals surface area (Å²) < 4.78 is 7.07. The van der Waals surface area contributed by atoms with Crippen LogP contribution >= 0.6 is 31.9 Å². The van der Waals surface area contributed by atoms with Crippen molar-refractivity contribution in [2.24, 2.45) is 5.84 Å². The lowest BCUT2D eigenvalue weighted by Crippen LogP contribution is -2.28. The molecule has 0 aliphatic carbocycles. The topological polar surface area (TPSA) is 51.2 Å². The zero-order valence-corrected chi connectivity index (χ0v) is 11.5. The maximum atomic E-state index is 5.58. The van der Waals surface area contributed by atoms with Gasteiger partial charge in [-0.3, -0.25) is 5.84 Å². The second-order valence-corrected chi connectivity index (χ2v) is 5.09. The van der Waals surface area contributed by atoms with Crippen molar-refractivity contribution in [3.8, 4) is 0 Å². The van der Waals surface area contributed by atoms with Crippen molar-refractivity contribution in [2.45, 2.75) is 6.04 Å². The van der Waals surface area contributed by atoms with E-state index in [0.29, 0.717) is 0 Å². The lowest BCUT2D eigenvalue weighted by Gasteiger charge is -2.16. The van der Waals surface area contributed by atoms with Gasteiger partial charge < -0.3 is 4.42 Å². The van der Waals surface area contributed by atoms with Gasteiger partial charge in [-0.2, -0.15) is 0 Å². The fourth-order valence-corrected chi connectivity index (χ4v) is 2.82. The summed E-state index contributed by atoms with van der Waals surface area (Å²) in [5, 5.41) is 0. The summed E-state index contributed by atoms with van der Waals surface area (Å²) in [5.74, 6) is 5.58. The van der Waals surface area contributed by atoms with Gasteiger partial charge in [0, 0.05) is 14.5 Å². The SMILES string of the molecule is NNC(c1ccoc1)c1ccc(Br)cc1Br. The molecule has 3 N–H and O–H groups in total. The van der Waals surface area contributed by atoms with Gasteiger partial charge in [-0.15, -0.1) is 0 Å². The van der Waals surface area contributed by atoms with Gasteiger partial charge in [0.15, 0.2) is 0 Å². The average Bonchev–Trinajstić information content (AvgIpc) is 2.75. The fourth-order valence-electron chi connectivity index (χ4n) is 1.54. The van der Waals surface area contributed by atoms with Gasteiger partial charge in [0.25, 0.3) is 0 Å². The monoisotopic (exact) mass is 344 g/mol. The number of hydrogen-bond donors (Lipinski definition) is 2. The van der Waals surface area contributed by atoms with Gasteiger partial charge >= 0.3 is 0 Å². The third kappa shape index (κ3) is 2.38. The Kier molecular flexibility index (Phi) is 3.81. The molecular weight excluding hydrogens is 336 g/mol. The van der Waals surface area contributed by atoms with E-state index in [-0.39, 0.29) is 6.04 Å². The molecule has 0 saturated heterocycles. The van der Waals surface area contributed by atoms with E-state index in [4.69, 9.17) is 10.3 Å². The average molecular weight is 346 g/mol. The van der Waals surface area contributed by atoms with Crippen LogP contribution in [0, 0.1) is 0 Å². The number of nitrogens with one attached hydrogen (secondary N) is 1. The highest BCUT2D eigenvalue weighted by Gasteiger charge is 2.16. The zero-order valence-electron chi connectivity index (χ0n) is 8.28. The van der Waals surface area contributed by atoms with Crippen LogP contribution in [0.25, 0.3) is 0 Å². The van der Waals surface area contributed by atoms with Gasteiger partial charge in [-0.25, -0.2) is 5.43 Å². The van der Waals surface area contributed by atoms with Crippen LogP contribution in [0.2, 0.25) is 0 Å². The number of benzene rings is 1. The number of halogens is 2. The van der Waals surface area contributed by atoms with Gasteiger partial charge in [0.05, 0.1) is 18.6 Å². The van der Waals surface area contributed by atoms with Crippen LogP contribution in [0.1, 0.15) is 17.2 Å². The van der Waals surface area contributed by atoms with Crippen molar-refractivity contribution in [3.05, 3.63) is 56.9 Å². The Hall–Kier alpha value is -0.620. The molecule has 5 heteroatoms. The molecule has 2 aromatic rings. The first-order chi connectivity index (χ1) is 7.72. The summed E-state index contributed by atoms with van der Waals surface area (Å²) in [4.78, 5) is 0. The summed E-state index contributed by atoms with van der Waals surface area (Å²) in [6, 6.07) is 7.77. The molecule has 84 valence electrons. The first-order valence-corrected chi connectivity index (χ1v) is 6.24. The Morgan fingerprint density at radius 3 is 2.62 bits per heavy atom. The molecule has 1 atom stereocenters. The van der Waals surface area contributed by atoms with Crippen LogP contribution in [0.5, 0.6) is 0 Å². The Morgan fingerprint density at radius 2 is 2.06 bits per heavy atom.